The fraction of sp³-hybridized carbons (Fsp3) is 0.471. The van der Waals surface area contributed by atoms with Crippen molar-refractivity contribution in [3.63, 3.8) is 0 Å². The third kappa shape index (κ3) is 3.80. The van der Waals surface area contributed by atoms with E-state index in [0.29, 0.717) is 0 Å². The summed E-state index contributed by atoms with van der Waals surface area (Å²) in [5, 5.41) is 5.80. The first kappa shape index (κ1) is 14.9. The van der Waals surface area contributed by atoms with Crippen LogP contribution in [0.5, 0.6) is 0 Å². The van der Waals surface area contributed by atoms with Crippen LogP contribution in [-0.2, 0) is 4.74 Å². The molecule has 0 unspecified atom stereocenters. The highest BCUT2D eigenvalue weighted by Crippen LogP contribution is 2.26. The lowest BCUT2D eigenvalue weighted by molar-refractivity contribution is 0.123. The number of urea groups is 1. The standard InChI is InChI=1S/C17H23N3O2/c21-17(18-13-14-5-1-2-6-14)19-15-7-3-4-8-16(15)20-9-11-22-12-10-20/h3-4,7-8,13H,1-2,5-6,9-12H2,(H2,18,19,21). The van der Waals surface area contributed by atoms with Crippen LogP contribution < -0.4 is 15.5 Å². The summed E-state index contributed by atoms with van der Waals surface area (Å²) >= 11 is 0. The fourth-order valence-electron chi connectivity index (χ4n) is 2.96. The van der Waals surface area contributed by atoms with Crippen molar-refractivity contribution in [2.45, 2.75) is 25.7 Å². The number of amides is 2. The second-order valence-electron chi connectivity index (χ2n) is 5.72. The molecule has 1 aliphatic carbocycles. The maximum absolute atomic E-state index is 12.1. The van der Waals surface area contributed by atoms with Gasteiger partial charge in [-0.2, -0.15) is 0 Å². The van der Waals surface area contributed by atoms with Crippen LogP contribution >= 0.6 is 0 Å². The fourth-order valence-corrected chi connectivity index (χ4v) is 2.96. The third-order valence-corrected chi connectivity index (χ3v) is 4.16. The van der Waals surface area contributed by atoms with Gasteiger partial charge in [0.25, 0.3) is 0 Å². The summed E-state index contributed by atoms with van der Waals surface area (Å²) in [6.07, 6.45) is 6.53. The average Bonchev–Trinajstić information content (AvgIpc) is 3.08. The Kier molecular flexibility index (Phi) is 4.96. The molecule has 2 aliphatic rings. The first-order valence-corrected chi connectivity index (χ1v) is 8.00. The van der Waals surface area contributed by atoms with E-state index in [-0.39, 0.29) is 6.03 Å². The first-order valence-electron chi connectivity index (χ1n) is 8.00. The van der Waals surface area contributed by atoms with Gasteiger partial charge in [-0.05, 0) is 37.8 Å². The number of anilines is 2. The Morgan fingerprint density at radius 1 is 1.14 bits per heavy atom. The first-order chi connectivity index (χ1) is 10.8. The van der Waals surface area contributed by atoms with Gasteiger partial charge in [0.2, 0.25) is 0 Å². The number of hydrogen-bond acceptors (Lipinski definition) is 3. The highest BCUT2D eigenvalue weighted by Gasteiger charge is 2.15. The molecule has 1 heterocycles. The van der Waals surface area contributed by atoms with Gasteiger partial charge in [0, 0.05) is 19.3 Å². The molecule has 0 bridgehead atoms. The van der Waals surface area contributed by atoms with E-state index in [1.807, 2.05) is 30.5 Å². The number of nitrogens with one attached hydrogen (secondary N) is 2. The Balaban J connectivity index is 1.63. The minimum atomic E-state index is -0.180. The Bertz CT molecular complexity index is 543. The summed E-state index contributed by atoms with van der Waals surface area (Å²) in [4.78, 5) is 14.3. The third-order valence-electron chi connectivity index (χ3n) is 4.16. The van der Waals surface area contributed by atoms with E-state index in [0.717, 1.165) is 50.5 Å². The zero-order chi connectivity index (χ0) is 15.2. The van der Waals surface area contributed by atoms with Crippen molar-refractivity contribution in [2.24, 2.45) is 0 Å². The van der Waals surface area contributed by atoms with Crippen molar-refractivity contribution >= 4 is 17.4 Å². The second-order valence-corrected chi connectivity index (χ2v) is 5.72. The number of hydrogen-bond donors (Lipinski definition) is 2. The zero-order valence-electron chi connectivity index (χ0n) is 12.8. The van der Waals surface area contributed by atoms with Crippen LogP contribution in [0.1, 0.15) is 25.7 Å². The van der Waals surface area contributed by atoms with Gasteiger partial charge in [0.05, 0.1) is 24.6 Å². The van der Waals surface area contributed by atoms with E-state index >= 15 is 0 Å². The zero-order valence-corrected chi connectivity index (χ0v) is 12.8. The van der Waals surface area contributed by atoms with Gasteiger partial charge in [-0.3, -0.25) is 0 Å². The number of carbonyl (C=O) groups excluding carboxylic acids is 1. The summed E-state index contributed by atoms with van der Waals surface area (Å²) < 4.78 is 5.39. The summed E-state index contributed by atoms with van der Waals surface area (Å²) in [5.41, 5.74) is 3.22. The lowest BCUT2D eigenvalue weighted by atomic mass is 10.2. The highest BCUT2D eigenvalue weighted by atomic mass is 16.5. The van der Waals surface area contributed by atoms with Crippen molar-refractivity contribution in [3.05, 3.63) is 36.0 Å². The summed E-state index contributed by atoms with van der Waals surface area (Å²) in [5.74, 6) is 0. The average molecular weight is 301 g/mol. The van der Waals surface area contributed by atoms with Crippen LogP contribution in [-0.4, -0.2) is 32.3 Å². The molecular formula is C17H23N3O2. The van der Waals surface area contributed by atoms with Gasteiger partial charge in [-0.1, -0.05) is 17.7 Å². The molecule has 0 radical (unpaired) electrons. The molecule has 1 aromatic rings. The van der Waals surface area contributed by atoms with Crippen LogP contribution in [0.4, 0.5) is 16.2 Å². The molecule has 1 aromatic carbocycles. The van der Waals surface area contributed by atoms with Crippen LogP contribution in [0.15, 0.2) is 36.0 Å². The number of morpholine rings is 1. The Hall–Kier alpha value is -2.01. The SMILES string of the molecule is O=C(NC=C1CCCC1)Nc1ccccc1N1CCOCC1. The number of carbonyl (C=O) groups is 1. The van der Waals surface area contributed by atoms with Crippen molar-refractivity contribution in [1.29, 1.82) is 0 Å². The molecule has 1 saturated heterocycles. The predicted molar refractivity (Wildman–Crippen MR) is 88.2 cm³/mol. The van der Waals surface area contributed by atoms with Crippen molar-refractivity contribution in [1.82, 2.24) is 5.32 Å². The van der Waals surface area contributed by atoms with E-state index in [1.54, 1.807) is 0 Å². The van der Waals surface area contributed by atoms with Gasteiger partial charge < -0.3 is 20.3 Å². The summed E-state index contributed by atoms with van der Waals surface area (Å²) in [6, 6.07) is 7.73. The molecule has 3 rings (SSSR count). The van der Waals surface area contributed by atoms with Gasteiger partial charge in [-0.15, -0.1) is 0 Å². The van der Waals surface area contributed by atoms with E-state index < -0.39 is 0 Å². The van der Waals surface area contributed by atoms with E-state index in [4.69, 9.17) is 4.74 Å². The number of benzene rings is 1. The maximum atomic E-state index is 12.1. The second kappa shape index (κ2) is 7.31. The summed E-state index contributed by atoms with van der Waals surface area (Å²) in [6.45, 7) is 3.16. The summed E-state index contributed by atoms with van der Waals surface area (Å²) in [7, 11) is 0. The number of allylic oxidation sites excluding steroid dienone is 1. The largest absolute Gasteiger partial charge is 0.378 e. The molecule has 0 aromatic heterocycles. The van der Waals surface area contributed by atoms with E-state index in [1.165, 1.54) is 18.4 Å². The lowest BCUT2D eigenvalue weighted by Gasteiger charge is -2.30. The number of rotatable bonds is 3. The molecule has 1 aliphatic heterocycles. The number of ether oxygens (including phenoxy) is 1. The molecule has 1 saturated carbocycles. The lowest BCUT2D eigenvalue weighted by Crippen LogP contribution is -2.37. The highest BCUT2D eigenvalue weighted by molar-refractivity contribution is 5.93. The Morgan fingerprint density at radius 3 is 2.64 bits per heavy atom. The molecule has 5 heteroatoms. The van der Waals surface area contributed by atoms with Gasteiger partial charge in [0.1, 0.15) is 0 Å². The molecule has 2 amide bonds. The smallest absolute Gasteiger partial charge is 0.323 e. The Labute approximate surface area is 131 Å². The van der Waals surface area contributed by atoms with Crippen molar-refractivity contribution in [3.8, 4) is 0 Å². The van der Waals surface area contributed by atoms with Gasteiger partial charge >= 0.3 is 6.03 Å². The van der Waals surface area contributed by atoms with E-state index in [2.05, 4.69) is 15.5 Å². The normalized spacial score (nSPS) is 18.2. The van der Waals surface area contributed by atoms with Crippen molar-refractivity contribution in [2.75, 3.05) is 36.5 Å². The number of nitrogens with zero attached hydrogens (tertiary/aromatic N) is 1. The molecule has 5 nitrogen and oxygen atoms in total. The molecule has 2 fully saturated rings. The topological polar surface area (TPSA) is 53.6 Å². The molecule has 118 valence electrons. The molecule has 0 atom stereocenters. The van der Waals surface area contributed by atoms with Crippen LogP contribution in [0.25, 0.3) is 0 Å². The minimum Gasteiger partial charge on any atom is -0.378 e. The van der Waals surface area contributed by atoms with Crippen molar-refractivity contribution < 1.29 is 9.53 Å². The maximum Gasteiger partial charge on any atom is 0.323 e. The molecule has 0 spiro atoms. The predicted octanol–water partition coefficient (Wildman–Crippen LogP) is 3.10. The van der Waals surface area contributed by atoms with Gasteiger partial charge in [-0.25, -0.2) is 4.79 Å². The molecular weight excluding hydrogens is 278 g/mol. The molecule has 22 heavy (non-hydrogen) atoms. The van der Waals surface area contributed by atoms with Crippen LogP contribution in [0, 0.1) is 0 Å². The van der Waals surface area contributed by atoms with Crippen LogP contribution in [0.3, 0.4) is 0 Å². The van der Waals surface area contributed by atoms with Crippen LogP contribution in [0.2, 0.25) is 0 Å². The minimum absolute atomic E-state index is 0.180. The monoisotopic (exact) mass is 301 g/mol. The quantitative estimate of drug-likeness (QED) is 0.902. The molecule has 2 N–H and O–H groups in total. The Morgan fingerprint density at radius 2 is 1.86 bits per heavy atom. The number of para-hydroxylation sites is 2. The van der Waals surface area contributed by atoms with E-state index in [9.17, 15) is 4.79 Å². The van der Waals surface area contributed by atoms with Gasteiger partial charge in [0.15, 0.2) is 0 Å².